The SMILES string of the molecule is O=CNCC(=O)N1CCN(C(=O)c2cccc3ccccc23)CC1. The van der Waals surface area contributed by atoms with Gasteiger partial charge >= 0.3 is 0 Å². The summed E-state index contributed by atoms with van der Waals surface area (Å²) in [6, 6.07) is 13.5. The van der Waals surface area contributed by atoms with Crippen LogP contribution >= 0.6 is 0 Å². The summed E-state index contributed by atoms with van der Waals surface area (Å²) in [7, 11) is 0. The Kier molecular flexibility index (Phi) is 4.74. The minimum absolute atomic E-state index is 0.000763. The zero-order valence-corrected chi connectivity index (χ0v) is 13.3. The van der Waals surface area contributed by atoms with Gasteiger partial charge in [0.05, 0.1) is 6.54 Å². The highest BCUT2D eigenvalue weighted by atomic mass is 16.2. The lowest BCUT2D eigenvalue weighted by Crippen LogP contribution is -2.52. The number of piperazine rings is 1. The van der Waals surface area contributed by atoms with Gasteiger partial charge in [-0.2, -0.15) is 0 Å². The molecule has 0 spiro atoms. The van der Waals surface area contributed by atoms with Crippen molar-refractivity contribution in [3.05, 3.63) is 48.0 Å². The van der Waals surface area contributed by atoms with Gasteiger partial charge in [-0.25, -0.2) is 0 Å². The fraction of sp³-hybridized carbons (Fsp3) is 0.278. The maximum absolute atomic E-state index is 12.8. The maximum Gasteiger partial charge on any atom is 0.254 e. The van der Waals surface area contributed by atoms with Gasteiger partial charge in [-0.05, 0) is 16.8 Å². The number of benzene rings is 2. The lowest BCUT2D eigenvalue weighted by atomic mass is 10.0. The van der Waals surface area contributed by atoms with Gasteiger partial charge in [0.25, 0.3) is 5.91 Å². The van der Waals surface area contributed by atoms with Crippen molar-refractivity contribution in [1.82, 2.24) is 15.1 Å². The second-order valence-corrected chi connectivity index (χ2v) is 5.70. The molecule has 24 heavy (non-hydrogen) atoms. The summed E-state index contributed by atoms with van der Waals surface area (Å²) in [6.45, 7) is 1.95. The molecule has 2 aromatic carbocycles. The number of amides is 3. The molecule has 0 saturated carbocycles. The third-order valence-corrected chi connectivity index (χ3v) is 4.28. The number of nitrogens with one attached hydrogen (secondary N) is 1. The van der Waals surface area contributed by atoms with Crippen molar-refractivity contribution in [2.45, 2.75) is 0 Å². The van der Waals surface area contributed by atoms with Crippen molar-refractivity contribution in [3.63, 3.8) is 0 Å². The molecule has 3 amide bonds. The first-order chi connectivity index (χ1) is 11.7. The summed E-state index contributed by atoms with van der Waals surface area (Å²) in [5.74, 6) is -0.135. The molecule has 0 bridgehead atoms. The summed E-state index contributed by atoms with van der Waals surface area (Å²) in [6.07, 6.45) is 0.512. The minimum Gasteiger partial charge on any atom is -0.350 e. The van der Waals surface area contributed by atoms with Crippen LogP contribution in [-0.2, 0) is 9.59 Å². The van der Waals surface area contributed by atoms with Gasteiger partial charge in [-0.1, -0.05) is 36.4 Å². The predicted molar refractivity (Wildman–Crippen MR) is 90.5 cm³/mol. The van der Waals surface area contributed by atoms with Gasteiger partial charge in [-0.3, -0.25) is 14.4 Å². The molecule has 1 fully saturated rings. The van der Waals surface area contributed by atoms with E-state index in [-0.39, 0.29) is 18.4 Å². The monoisotopic (exact) mass is 325 g/mol. The van der Waals surface area contributed by atoms with Crippen LogP contribution in [0.2, 0.25) is 0 Å². The molecular formula is C18H19N3O3. The van der Waals surface area contributed by atoms with E-state index in [9.17, 15) is 14.4 Å². The third-order valence-electron chi connectivity index (χ3n) is 4.28. The Balaban J connectivity index is 1.69. The molecule has 124 valence electrons. The lowest BCUT2D eigenvalue weighted by Gasteiger charge is -2.35. The van der Waals surface area contributed by atoms with Crippen LogP contribution in [0, 0.1) is 0 Å². The van der Waals surface area contributed by atoms with E-state index in [2.05, 4.69) is 5.32 Å². The fourth-order valence-electron chi connectivity index (χ4n) is 2.98. The van der Waals surface area contributed by atoms with Crippen LogP contribution in [0.15, 0.2) is 42.5 Å². The van der Waals surface area contributed by atoms with Gasteiger partial charge < -0.3 is 15.1 Å². The number of carbonyl (C=O) groups excluding carboxylic acids is 3. The molecule has 6 nitrogen and oxygen atoms in total. The normalized spacial score (nSPS) is 14.5. The van der Waals surface area contributed by atoms with Crippen molar-refractivity contribution in [2.24, 2.45) is 0 Å². The first-order valence-electron chi connectivity index (χ1n) is 7.92. The van der Waals surface area contributed by atoms with E-state index >= 15 is 0 Å². The molecule has 1 heterocycles. The molecule has 0 radical (unpaired) electrons. The summed E-state index contributed by atoms with van der Waals surface area (Å²) in [5, 5.41) is 4.36. The van der Waals surface area contributed by atoms with Gasteiger partial charge in [0.15, 0.2) is 0 Å². The fourth-order valence-corrected chi connectivity index (χ4v) is 2.98. The van der Waals surface area contributed by atoms with Gasteiger partial charge in [0.1, 0.15) is 0 Å². The van der Waals surface area contributed by atoms with Crippen LogP contribution in [0.4, 0.5) is 0 Å². The van der Waals surface area contributed by atoms with E-state index < -0.39 is 0 Å². The van der Waals surface area contributed by atoms with E-state index in [4.69, 9.17) is 0 Å². The van der Waals surface area contributed by atoms with Gasteiger partial charge in [0, 0.05) is 31.7 Å². The zero-order valence-electron chi connectivity index (χ0n) is 13.3. The van der Waals surface area contributed by atoms with E-state index in [1.54, 1.807) is 9.80 Å². The van der Waals surface area contributed by atoms with E-state index in [1.165, 1.54) is 0 Å². The van der Waals surface area contributed by atoms with Crippen LogP contribution in [0.1, 0.15) is 10.4 Å². The van der Waals surface area contributed by atoms with E-state index in [0.29, 0.717) is 38.2 Å². The highest BCUT2D eigenvalue weighted by Crippen LogP contribution is 2.20. The largest absolute Gasteiger partial charge is 0.350 e. The standard InChI is InChI=1S/C18H19N3O3/c22-13-19-12-17(23)20-8-10-21(11-9-20)18(24)16-7-3-5-14-4-1-2-6-15(14)16/h1-7,13H,8-12H2,(H,19,22). The average Bonchev–Trinajstić information content (AvgIpc) is 2.65. The molecule has 0 atom stereocenters. The molecule has 6 heteroatoms. The highest BCUT2D eigenvalue weighted by molar-refractivity contribution is 6.07. The number of hydrogen-bond acceptors (Lipinski definition) is 3. The van der Waals surface area contributed by atoms with Crippen molar-refractivity contribution in [3.8, 4) is 0 Å². The Labute approximate surface area is 140 Å². The smallest absolute Gasteiger partial charge is 0.254 e. The molecule has 1 aliphatic heterocycles. The number of carbonyl (C=O) groups is 3. The Morgan fingerprint density at radius 1 is 0.958 bits per heavy atom. The molecule has 0 aliphatic carbocycles. The van der Waals surface area contributed by atoms with Crippen LogP contribution in [0.5, 0.6) is 0 Å². The number of rotatable bonds is 4. The van der Waals surface area contributed by atoms with E-state index in [0.717, 1.165) is 10.8 Å². The quantitative estimate of drug-likeness (QED) is 0.848. The van der Waals surface area contributed by atoms with Crippen molar-refractivity contribution in [1.29, 1.82) is 0 Å². The molecule has 1 aliphatic rings. The second-order valence-electron chi connectivity index (χ2n) is 5.70. The maximum atomic E-state index is 12.8. The molecule has 1 N–H and O–H groups in total. The first-order valence-corrected chi connectivity index (χ1v) is 7.92. The number of fused-ring (bicyclic) bond motifs is 1. The van der Waals surface area contributed by atoms with Crippen LogP contribution < -0.4 is 5.32 Å². The van der Waals surface area contributed by atoms with Crippen LogP contribution in [-0.4, -0.2) is 60.7 Å². The predicted octanol–water partition coefficient (Wildman–Crippen LogP) is 0.870. The summed E-state index contributed by atoms with van der Waals surface area (Å²) >= 11 is 0. The second kappa shape index (κ2) is 7.12. The molecular weight excluding hydrogens is 306 g/mol. The lowest BCUT2D eigenvalue weighted by molar-refractivity contribution is -0.132. The van der Waals surface area contributed by atoms with Gasteiger partial charge in [-0.15, -0.1) is 0 Å². The Hall–Kier alpha value is -2.89. The Morgan fingerprint density at radius 2 is 1.62 bits per heavy atom. The highest BCUT2D eigenvalue weighted by Gasteiger charge is 2.25. The molecule has 2 aromatic rings. The Bertz CT molecular complexity index is 762. The molecule has 3 rings (SSSR count). The molecule has 0 aromatic heterocycles. The van der Waals surface area contributed by atoms with Crippen molar-refractivity contribution >= 4 is 29.0 Å². The van der Waals surface area contributed by atoms with Crippen molar-refractivity contribution in [2.75, 3.05) is 32.7 Å². The van der Waals surface area contributed by atoms with Crippen LogP contribution in [0.3, 0.4) is 0 Å². The number of nitrogens with zero attached hydrogens (tertiary/aromatic N) is 2. The summed E-state index contributed by atoms with van der Waals surface area (Å²) in [5.41, 5.74) is 0.690. The van der Waals surface area contributed by atoms with Crippen LogP contribution in [0.25, 0.3) is 10.8 Å². The molecule has 1 saturated heterocycles. The summed E-state index contributed by atoms with van der Waals surface area (Å²) < 4.78 is 0. The first kappa shape index (κ1) is 16.0. The topological polar surface area (TPSA) is 69.7 Å². The third kappa shape index (κ3) is 3.22. The number of hydrogen-bond donors (Lipinski definition) is 1. The van der Waals surface area contributed by atoms with Gasteiger partial charge in [0.2, 0.25) is 12.3 Å². The zero-order chi connectivity index (χ0) is 16.9. The summed E-state index contributed by atoms with van der Waals surface area (Å²) in [4.78, 5) is 38.4. The molecule has 0 unspecified atom stereocenters. The average molecular weight is 325 g/mol. The van der Waals surface area contributed by atoms with E-state index in [1.807, 2.05) is 42.5 Å². The van der Waals surface area contributed by atoms with Crippen molar-refractivity contribution < 1.29 is 14.4 Å². The Morgan fingerprint density at radius 3 is 2.38 bits per heavy atom. The minimum atomic E-state index is -0.126.